The van der Waals surface area contributed by atoms with Gasteiger partial charge in [0, 0.05) is 45.1 Å². The Morgan fingerprint density at radius 2 is 1.71 bits per heavy atom. The number of hydrogen-bond donors (Lipinski definition) is 0. The van der Waals surface area contributed by atoms with Gasteiger partial charge in [0.1, 0.15) is 6.61 Å². The molecule has 0 N–H and O–H groups in total. The normalized spacial score (nSPS) is 34.0. The van der Waals surface area contributed by atoms with Crippen LogP contribution in [0.3, 0.4) is 0 Å². The molecule has 1 saturated heterocycles. The van der Waals surface area contributed by atoms with E-state index in [1.54, 1.807) is 12.4 Å². The zero-order valence-electron chi connectivity index (χ0n) is 18.5. The number of nitrogens with zero attached hydrogens (tertiary/aromatic N) is 4. The van der Waals surface area contributed by atoms with Crippen LogP contribution >= 0.6 is 24.8 Å². The highest BCUT2D eigenvalue weighted by atomic mass is 35.5. The highest BCUT2D eigenvalue weighted by Gasteiger charge is 2.56. The van der Waals surface area contributed by atoms with Gasteiger partial charge in [-0.2, -0.15) is 0 Å². The van der Waals surface area contributed by atoms with Crippen molar-refractivity contribution in [1.29, 1.82) is 0 Å². The first-order valence-corrected chi connectivity index (χ1v) is 11.4. The first-order chi connectivity index (χ1) is 14.0. The smallest absolute Gasteiger partial charge is 0.306 e. The summed E-state index contributed by atoms with van der Waals surface area (Å²) in [6, 6.07) is 1.85. The first-order valence-electron chi connectivity index (χ1n) is 11.4. The van der Waals surface area contributed by atoms with Crippen LogP contribution in [0.15, 0.2) is 18.5 Å². The Hall–Kier alpha value is -1.11. The molecule has 2 heterocycles. The van der Waals surface area contributed by atoms with E-state index in [9.17, 15) is 4.79 Å². The van der Waals surface area contributed by atoms with Gasteiger partial charge in [0.25, 0.3) is 0 Å². The molecule has 2 unspecified atom stereocenters. The van der Waals surface area contributed by atoms with Crippen LogP contribution in [-0.4, -0.2) is 60.2 Å². The molecule has 0 spiro atoms. The van der Waals surface area contributed by atoms with Gasteiger partial charge in [0.2, 0.25) is 5.95 Å². The highest BCUT2D eigenvalue weighted by Crippen LogP contribution is 2.66. The van der Waals surface area contributed by atoms with Gasteiger partial charge < -0.3 is 9.64 Å². The van der Waals surface area contributed by atoms with Gasteiger partial charge in [-0.1, -0.05) is 6.92 Å². The summed E-state index contributed by atoms with van der Waals surface area (Å²) in [6.45, 7) is 7.56. The lowest BCUT2D eigenvalue weighted by Crippen LogP contribution is -2.51. The van der Waals surface area contributed by atoms with E-state index < -0.39 is 0 Å². The van der Waals surface area contributed by atoms with Crippen molar-refractivity contribution in [2.45, 2.75) is 51.9 Å². The summed E-state index contributed by atoms with van der Waals surface area (Å²) in [6.07, 6.45) is 12.2. The minimum atomic E-state index is 0. The van der Waals surface area contributed by atoms with E-state index in [1.165, 1.54) is 38.5 Å². The molecule has 174 valence electrons. The van der Waals surface area contributed by atoms with E-state index >= 15 is 0 Å². The van der Waals surface area contributed by atoms with Gasteiger partial charge in [-0.3, -0.25) is 9.69 Å². The molecule has 4 saturated carbocycles. The lowest BCUT2D eigenvalue weighted by molar-refractivity contribution is -0.157. The molecule has 5 aliphatic rings. The molecule has 0 amide bonds. The van der Waals surface area contributed by atoms with Crippen LogP contribution in [0.4, 0.5) is 5.95 Å². The van der Waals surface area contributed by atoms with Crippen LogP contribution in [0.1, 0.15) is 51.9 Å². The molecule has 6 nitrogen and oxygen atoms in total. The topological polar surface area (TPSA) is 58.6 Å². The minimum absolute atomic E-state index is 0. The maximum Gasteiger partial charge on any atom is 0.306 e. The Bertz CT molecular complexity index is 728. The summed E-state index contributed by atoms with van der Waals surface area (Å²) in [5, 5.41) is 0. The summed E-state index contributed by atoms with van der Waals surface area (Å²) in [4.78, 5) is 25.9. The van der Waals surface area contributed by atoms with Crippen LogP contribution < -0.4 is 4.90 Å². The van der Waals surface area contributed by atoms with Gasteiger partial charge >= 0.3 is 5.97 Å². The summed E-state index contributed by atoms with van der Waals surface area (Å²) < 4.78 is 5.71. The maximum absolute atomic E-state index is 12.6. The number of rotatable bonds is 6. The fourth-order valence-electron chi connectivity index (χ4n) is 7.41. The zero-order valence-corrected chi connectivity index (χ0v) is 20.1. The third-order valence-electron chi connectivity index (χ3n) is 7.87. The number of aromatic nitrogens is 2. The van der Waals surface area contributed by atoms with Crippen molar-refractivity contribution in [1.82, 2.24) is 14.9 Å². The van der Waals surface area contributed by atoms with E-state index in [4.69, 9.17) is 4.74 Å². The van der Waals surface area contributed by atoms with E-state index in [1.807, 2.05) is 6.07 Å². The first kappa shape index (κ1) is 24.5. The van der Waals surface area contributed by atoms with Crippen LogP contribution in [0.5, 0.6) is 0 Å². The molecule has 4 bridgehead atoms. The largest absolute Gasteiger partial charge is 0.464 e. The third-order valence-corrected chi connectivity index (χ3v) is 7.87. The summed E-state index contributed by atoms with van der Waals surface area (Å²) in [5.41, 5.74) is 0.740. The highest BCUT2D eigenvalue weighted by molar-refractivity contribution is 5.85. The van der Waals surface area contributed by atoms with Crippen LogP contribution in [0, 0.1) is 22.7 Å². The Morgan fingerprint density at radius 1 is 1.06 bits per heavy atom. The molecular formula is C23H36Cl2N4O2. The number of ether oxygens (including phenoxy) is 1. The number of halogens is 2. The van der Waals surface area contributed by atoms with Crippen molar-refractivity contribution in [2.24, 2.45) is 22.7 Å². The van der Waals surface area contributed by atoms with Crippen LogP contribution in [0.2, 0.25) is 0 Å². The Labute approximate surface area is 198 Å². The fourth-order valence-corrected chi connectivity index (χ4v) is 7.41. The van der Waals surface area contributed by atoms with E-state index in [-0.39, 0.29) is 36.2 Å². The number of carbonyl (C=O) groups excluding carboxylic acids is 1. The summed E-state index contributed by atoms with van der Waals surface area (Å²) >= 11 is 0. The predicted molar refractivity (Wildman–Crippen MR) is 126 cm³/mol. The predicted octanol–water partition coefficient (Wildman–Crippen LogP) is 3.98. The van der Waals surface area contributed by atoms with Crippen molar-refractivity contribution >= 4 is 36.7 Å². The van der Waals surface area contributed by atoms with E-state index in [0.717, 1.165) is 50.5 Å². The molecule has 4 atom stereocenters. The zero-order chi connectivity index (χ0) is 19.9. The summed E-state index contributed by atoms with van der Waals surface area (Å²) in [7, 11) is 0. The molecule has 1 aliphatic heterocycles. The monoisotopic (exact) mass is 470 g/mol. The van der Waals surface area contributed by atoms with Crippen LogP contribution in [-0.2, 0) is 9.53 Å². The molecule has 4 aliphatic carbocycles. The Kier molecular flexibility index (Phi) is 7.75. The number of anilines is 1. The molecule has 1 aromatic rings. The molecular weight excluding hydrogens is 435 g/mol. The van der Waals surface area contributed by atoms with E-state index in [0.29, 0.717) is 18.4 Å². The number of carbonyl (C=O) groups is 1. The van der Waals surface area contributed by atoms with Gasteiger partial charge in [-0.05, 0) is 67.3 Å². The molecule has 31 heavy (non-hydrogen) atoms. The average Bonchev–Trinajstić information content (AvgIpc) is 2.67. The second-order valence-electron chi connectivity index (χ2n) is 10.5. The maximum atomic E-state index is 12.6. The number of hydrogen-bond acceptors (Lipinski definition) is 6. The quantitative estimate of drug-likeness (QED) is 0.585. The number of piperazine rings is 1. The van der Waals surface area contributed by atoms with Gasteiger partial charge in [-0.15, -0.1) is 24.8 Å². The molecule has 0 aromatic carbocycles. The average molecular weight is 471 g/mol. The molecule has 0 radical (unpaired) electrons. The van der Waals surface area contributed by atoms with Gasteiger partial charge in [-0.25, -0.2) is 9.97 Å². The van der Waals surface area contributed by atoms with Crippen LogP contribution in [0.25, 0.3) is 0 Å². The minimum Gasteiger partial charge on any atom is -0.464 e. The van der Waals surface area contributed by atoms with E-state index in [2.05, 4.69) is 26.7 Å². The lowest BCUT2D eigenvalue weighted by atomic mass is 9.44. The van der Waals surface area contributed by atoms with Gasteiger partial charge in [0.15, 0.2) is 0 Å². The Morgan fingerprint density at radius 3 is 2.32 bits per heavy atom. The number of esters is 1. The van der Waals surface area contributed by atoms with Crippen molar-refractivity contribution in [3.05, 3.63) is 18.5 Å². The van der Waals surface area contributed by atoms with Crippen molar-refractivity contribution in [3.8, 4) is 0 Å². The molecule has 1 aromatic heterocycles. The Balaban J connectivity index is 0.00000136. The lowest BCUT2D eigenvalue weighted by Gasteiger charge is -2.61. The molecule has 5 fully saturated rings. The second-order valence-corrected chi connectivity index (χ2v) is 10.5. The SMILES string of the molecule is CC12C[C@H]3C[C@@H](C1)CC(CC(=O)OCCN1CCN(c4ncccn4)CC1)(C3)C2.Cl.Cl. The second kappa shape index (κ2) is 9.80. The van der Waals surface area contributed by atoms with Crippen molar-refractivity contribution in [3.63, 3.8) is 0 Å². The van der Waals surface area contributed by atoms with Crippen molar-refractivity contribution in [2.75, 3.05) is 44.2 Å². The molecule has 8 heteroatoms. The van der Waals surface area contributed by atoms with Crippen molar-refractivity contribution < 1.29 is 9.53 Å². The third kappa shape index (κ3) is 5.45. The van der Waals surface area contributed by atoms with Gasteiger partial charge in [0.05, 0.1) is 6.42 Å². The molecule has 6 rings (SSSR count). The summed E-state index contributed by atoms with van der Waals surface area (Å²) in [5.74, 6) is 2.56. The standard InChI is InChI=1S/C23H34N4O2.2ClH/c1-22-12-18-11-19(13-22)15-23(14-18,17-22)16-20(28)29-10-9-26-5-7-27(8-6-26)21-24-3-2-4-25-21;;/h2-4,18-19H,5-17H2,1H3;2*1H/t18-,19+,22?,23?;;. The fraction of sp³-hybridized carbons (Fsp3) is 0.783.